The maximum absolute atomic E-state index is 6.57. The standard InChI is InChI=1S/C19H29ClN2/c1-12(2)21-11-15-8-16-14(5)10-19(6,7)22(13(3)4)18(16)9-17(15)20/h8-10,12-13,21H,11H2,1-7H3. The molecule has 1 aliphatic rings. The molecule has 2 nitrogen and oxygen atoms in total. The van der Waals surface area contributed by atoms with E-state index in [9.17, 15) is 0 Å². The monoisotopic (exact) mass is 320 g/mol. The van der Waals surface area contributed by atoms with Crippen LogP contribution in [0.25, 0.3) is 5.57 Å². The highest BCUT2D eigenvalue weighted by molar-refractivity contribution is 6.31. The van der Waals surface area contributed by atoms with Gasteiger partial charge in [-0.2, -0.15) is 0 Å². The van der Waals surface area contributed by atoms with Gasteiger partial charge in [-0.1, -0.05) is 31.5 Å². The van der Waals surface area contributed by atoms with Crippen molar-refractivity contribution in [3.63, 3.8) is 0 Å². The van der Waals surface area contributed by atoms with Gasteiger partial charge in [0, 0.05) is 34.9 Å². The Balaban J connectivity index is 2.51. The van der Waals surface area contributed by atoms with Crippen LogP contribution >= 0.6 is 11.6 Å². The first kappa shape index (κ1) is 17.4. The highest BCUT2D eigenvalue weighted by atomic mass is 35.5. The van der Waals surface area contributed by atoms with Crippen molar-refractivity contribution in [2.45, 2.75) is 72.6 Å². The molecule has 22 heavy (non-hydrogen) atoms. The number of benzene rings is 1. The summed E-state index contributed by atoms with van der Waals surface area (Å²) in [4.78, 5) is 2.46. The van der Waals surface area contributed by atoms with Gasteiger partial charge in [-0.3, -0.25) is 0 Å². The molecule has 0 amide bonds. The topological polar surface area (TPSA) is 15.3 Å². The van der Waals surface area contributed by atoms with E-state index in [1.165, 1.54) is 22.4 Å². The molecular weight excluding hydrogens is 292 g/mol. The predicted octanol–water partition coefficient (Wildman–Crippen LogP) is 5.25. The zero-order valence-corrected chi connectivity index (χ0v) is 15.7. The first-order chi connectivity index (χ1) is 10.1. The number of nitrogens with one attached hydrogen (secondary N) is 1. The van der Waals surface area contributed by atoms with Gasteiger partial charge >= 0.3 is 0 Å². The van der Waals surface area contributed by atoms with Crippen molar-refractivity contribution in [1.29, 1.82) is 0 Å². The Morgan fingerprint density at radius 1 is 1.18 bits per heavy atom. The Labute approximate surface area is 140 Å². The third-order valence-corrected chi connectivity index (χ3v) is 4.61. The Bertz CT molecular complexity index is 585. The highest BCUT2D eigenvalue weighted by Crippen LogP contribution is 2.42. The van der Waals surface area contributed by atoms with Crippen LogP contribution in [0.2, 0.25) is 5.02 Å². The predicted molar refractivity (Wildman–Crippen MR) is 98.8 cm³/mol. The fourth-order valence-corrected chi connectivity index (χ4v) is 3.73. The van der Waals surface area contributed by atoms with Gasteiger partial charge in [-0.25, -0.2) is 0 Å². The summed E-state index contributed by atoms with van der Waals surface area (Å²) in [5.74, 6) is 0. The van der Waals surface area contributed by atoms with Gasteiger partial charge in [0.1, 0.15) is 0 Å². The average molecular weight is 321 g/mol. The van der Waals surface area contributed by atoms with Crippen LogP contribution < -0.4 is 10.2 Å². The summed E-state index contributed by atoms with van der Waals surface area (Å²) >= 11 is 6.57. The van der Waals surface area contributed by atoms with Gasteiger partial charge in [-0.15, -0.1) is 0 Å². The maximum Gasteiger partial charge on any atom is 0.0537 e. The second-order valence-electron chi connectivity index (χ2n) is 7.44. The molecule has 0 radical (unpaired) electrons. The lowest BCUT2D eigenvalue weighted by Crippen LogP contribution is -2.49. The third kappa shape index (κ3) is 3.33. The Hall–Kier alpha value is -0.990. The molecule has 3 heteroatoms. The minimum atomic E-state index is 0.00623. The number of fused-ring (bicyclic) bond motifs is 1. The van der Waals surface area contributed by atoms with E-state index in [-0.39, 0.29) is 5.54 Å². The van der Waals surface area contributed by atoms with E-state index in [1.807, 2.05) is 0 Å². The number of nitrogens with zero attached hydrogens (tertiary/aromatic N) is 1. The number of anilines is 1. The molecule has 0 fully saturated rings. The maximum atomic E-state index is 6.57. The fraction of sp³-hybridized carbons (Fsp3) is 0.579. The van der Waals surface area contributed by atoms with E-state index >= 15 is 0 Å². The van der Waals surface area contributed by atoms with Crippen LogP contribution in [-0.2, 0) is 6.54 Å². The lowest BCUT2D eigenvalue weighted by atomic mass is 9.87. The molecule has 0 saturated heterocycles. The molecule has 1 aromatic carbocycles. The van der Waals surface area contributed by atoms with Crippen LogP contribution in [-0.4, -0.2) is 17.6 Å². The molecular formula is C19H29ClN2. The molecule has 0 bridgehead atoms. The van der Waals surface area contributed by atoms with E-state index in [2.05, 4.69) is 76.9 Å². The summed E-state index contributed by atoms with van der Waals surface area (Å²) in [5.41, 5.74) is 5.06. The molecule has 0 spiro atoms. The lowest BCUT2D eigenvalue weighted by molar-refractivity contribution is 0.507. The first-order valence-corrected chi connectivity index (χ1v) is 8.56. The SMILES string of the molecule is CC1=CC(C)(C)N(C(C)C)c2cc(Cl)c(CNC(C)C)cc21. The smallest absolute Gasteiger partial charge is 0.0537 e. The minimum Gasteiger partial charge on any atom is -0.360 e. The molecule has 1 aliphatic heterocycles. The van der Waals surface area contributed by atoms with Crippen molar-refractivity contribution in [2.24, 2.45) is 0 Å². The summed E-state index contributed by atoms with van der Waals surface area (Å²) in [6.45, 7) is 16.3. The van der Waals surface area contributed by atoms with E-state index in [0.29, 0.717) is 12.1 Å². The Kier molecular flexibility index (Phi) is 4.93. The van der Waals surface area contributed by atoms with Gasteiger partial charge in [0.2, 0.25) is 0 Å². The van der Waals surface area contributed by atoms with Gasteiger partial charge < -0.3 is 10.2 Å². The number of hydrogen-bond donors (Lipinski definition) is 1. The van der Waals surface area contributed by atoms with E-state index in [1.54, 1.807) is 0 Å². The molecule has 1 heterocycles. The fourth-order valence-electron chi connectivity index (χ4n) is 3.50. The van der Waals surface area contributed by atoms with Crippen molar-refractivity contribution >= 4 is 22.9 Å². The first-order valence-electron chi connectivity index (χ1n) is 8.18. The number of rotatable bonds is 4. The van der Waals surface area contributed by atoms with Gasteiger partial charge in [0.25, 0.3) is 0 Å². The molecule has 0 aromatic heterocycles. The van der Waals surface area contributed by atoms with Gasteiger partial charge in [0.15, 0.2) is 0 Å². The van der Waals surface area contributed by atoms with Crippen molar-refractivity contribution in [3.8, 4) is 0 Å². The molecule has 1 N–H and O–H groups in total. The lowest BCUT2D eigenvalue weighted by Gasteiger charge is -2.46. The van der Waals surface area contributed by atoms with Crippen LogP contribution in [0.4, 0.5) is 5.69 Å². The van der Waals surface area contributed by atoms with Crippen molar-refractivity contribution in [3.05, 3.63) is 34.4 Å². The quantitative estimate of drug-likeness (QED) is 0.815. The highest BCUT2D eigenvalue weighted by Gasteiger charge is 2.33. The molecule has 2 rings (SSSR count). The summed E-state index contributed by atoms with van der Waals surface area (Å²) in [6, 6.07) is 5.28. The molecule has 1 aromatic rings. The van der Waals surface area contributed by atoms with Crippen LogP contribution in [0.3, 0.4) is 0 Å². The molecule has 0 saturated carbocycles. The zero-order valence-electron chi connectivity index (χ0n) is 14.9. The Morgan fingerprint density at radius 2 is 1.82 bits per heavy atom. The van der Waals surface area contributed by atoms with Crippen molar-refractivity contribution < 1.29 is 0 Å². The molecule has 122 valence electrons. The van der Waals surface area contributed by atoms with Crippen molar-refractivity contribution in [2.75, 3.05) is 4.90 Å². The normalized spacial score (nSPS) is 17.0. The molecule has 0 atom stereocenters. The second-order valence-corrected chi connectivity index (χ2v) is 7.85. The van der Waals surface area contributed by atoms with Crippen LogP contribution in [0.15, 0.2) is 18.2 Å². The summed E-state index contributed by atoms with van der Waals surface area (Å²) in [7, 11) is 0. The largest absolute Gasteiger partial charge is 0.360 e. The summed E-state index contributed by atoms with van der Waals surface area (Å²) < 4.78 is 0. The van der Waals surface area contributed by atoms with E-state index < -0.39 is 0 Å². The zero-order chi connectivity index (χ0) is 16.7. The van der Waals surface area contributed by atoms with E-state index in [0.717, 1.165) is 11.6 Å². The van der Waals surface area contributed by atoms with Gasteiger partial charge in [-0.05, 0) is 57.9 Å². The van der Waals surface area contributed by atoms with E-state index in [4.69, 9.17) is 11.6 Å². The number of hydrogen-bond acceptors (Lipinski definition) is 2. The third-order valence-electron chi connectivity index (χ3n) is 4.26. The second kappa shape index (κ2) is 6.25. The number of halogens is 1. The van der Waals surface area contributed by atoms with Crippen molar-refractivity contribution in [1.82, 2.24) is 5.32 Å². The van der Waals surface area contributed by atoms with Gasteiger partial charge in [0.05, 0.1) is 5.54 Å². The summed E-state index contributed by atoms with van der Waals surface area (Å²) in [5, 5.41) is 4.31. The average Bonchev–Trinajstić information content (AvgIpc) is 2.34. The van der Waals surface area contributed by atoms with Crippen LogP contribution in [0.1, 0.15) is 59.6 Å². The minimum absolute atomic E-state index is 0.00623. The number of allylic oxidation sites excluding steroid dienone is 1. The van der Waals surface area contributed by atoms with Crippen LogP contribution in [0.5, 0.6) is 0 Å². The molecule has 0 aliphatic carbocycles. The Morgan fingerprint density at radius 3 is 2.36 bits per heavy atom. The molecule has 0 unspecified atom stereocenters. The van der Waals surface area contributed by atoms with Crippen LogP contribution in [0, 0.1) is 0 Å². The summed E-state index contributed by atoms with van der Waals surface area (Å²) in [6.07, 6.45) is 2.36.